The maximum atomic E-state index is 10.0. The quantitative estimate of drug-likeness (QED) is 0.528. The highest BCUT2D eigenvalue weighted by molar-refractivity contribution is 5.50. The van der Waals surface area contributed by atoms with Crippen molar-refractivity contribution < 1.29 is 9.53 Å². The Kier molecular flexibility index (Phi) is 3.07. The van der Waals surface area contributed by atoms with E-state index in [1.165, 1.54) is 0 Å². The van der Waals surface area contributed by atoms with Crippen LogP contribution in [0.2, 0.25) is 0 Å². The Morgan fingerprint density at radius 2 is 2.64 bits per heavy atom. The van der Waals surface area contributed by atoms with Gasteiger partial charge in [0.15, 0.2) is 0 Å². The molecule has 1 rings (SSSR count). The lowest BCUT2D eigenvalue weighted by atomic mass is 10.2. The van der Waals surface area contributed by atoms with Gasteiger partial charge in [0, 0.05) is 18.8 Å². The molecule has 1 atom stereocenters. The standard InChI is InChI=1S/C7H12N2O2/c1-6(9-5-10)7-4-8-2-3-11-7/h5,7-8H,1-4H2,(H,9,10). The third kappa shape index (κ3) is 2.32. The molecule has 0 aromatic carbocycles. The average Bonchev–Trinajstić information content (AvgIpc) is 2.07. The van der Waals surface area contributed by atoms with Gasteiger partial charge in [-0.25, -0.2) is 0 Å². The molecule has 1 aliphatic heterocycles. The number of carbonyl (C=O) groups excluding carboxylic acids is 1. The van der Waals surface area contributed by atoms with Crippen molar-refractivity contribution in [3.05, 3.63) is 12.3 Å². The number of rotatable bonds is 3. The third-order valence-electron chi connectivity index (χ3n) is 1.56. The molecule has 0 radical (unpaired) electrons. The first-order valence-corrected chi connectivity index (χ1v) is 3.56. The number of ether oxygens (including phenoxy) is 1. The van der Waals surface area contributed by atoms with Crippen LogP contribution in [-0.2, 0) is 9.53 Å². The second kappa shape index (κ2) is 4.10. The van der Waals surface area contributed by atoms with Crippen LogP contribution in [0, 0.1) is 0 Å². The number of nitrogens with one attached hydrogen (secondary N) is 2. The van der Waals surface area contributed by atoms with Gasteiger partial charge in [-0.05, 0) is 0 Å². The molecular formula is C7H12N2O2. The predicted molar refractivity (Wildman–Crippen MR) is 40.9 cm³/mol. The molecule has 62 valence electrons. The Hall–Kier alpha value is -0.870. The van der Waals surface area contributed by atoms with E-state index in [1.54, 1.807) is 0 Å². The number of hydrogen-bond acceptors (Lipinski definition) is 3. The highest BCUT2D eigenvalue weighted by atomic mass is 16.5. The first-order chi connectivity index (χ1) is 5.34. The Balaban J connectivity index is 2.32. The predicted octanol–water partition coefficient (Wildman–Crippen LogP) is -0.766. The summed E-state index contributed by atoms with van der Waals surface area (Å²) in [6, 6.07) is 0. The minimum atomic E-state index is -0.0750. The lowest BCUT2D eigenvalue weighted by Crippen LogP contribution is -2.42. The lowest BCUT2D eigenvalue weighted by molar-refractivity contribution is -0.109. The van der Waals surface area contributed by atoms with E-state index < -0.39 is 0 Å². The molecule has 0 bridgehead atoms. The van der Waals surface area contributed by atoms with Gasteiger partial charge in [0.2, 0.25) is 6.41 Å². The Morgan fingerprint density at radius 3 is 3.18 bits per heavy atom. The third-order valence-corrected chi connectivity index (χ3v) is 1.56. The summed E-state index contributed by atoms with van der Waals surface area (Å²) in [6.45, 7) is 5.92. The summed E-state index contributed by atoms with van der Waals surface area (Å²) < 4.78 is 5.31. The molecule has 1 unspecified atom stereocenters. The molecule has 0 aromatic heterocycles. The van der Waals surface area contributed by atoms with Crippen LogP contribution in [0.15, 0.2) is 12.3 Å². The van der Waals surface area contributed by atoms with Gasteiger partial charge in [-0.3, -0.25) is 4.79 Å². The van der Waals surface area contributed by atoms with E-state index in [9.17, 15) is 4.79 Å². The van der Waals surface area contributed by atoms with Crippen LogP contribution in [0.25, 0.3) is 0 Å². The number of hydrogen-bond donors (Lipinski definition) is 2. The summed E-state index contributed by atoms with van der Waals surface area (Å²) in [6.07, 6.45) is 0.536. The first-order valence-electron chi connectivity index (χ1n) is 3.56. The summed E-state index contributed by atoms with van der Waals surface area (Å²) in [5, 5.41) is 5.61. The van der Waals surface area contributed by atoms with Crippen molar-refractivity contribution in [3.8, 4) is 0 Å². The van der Waals surface area contributed by atoms with E-state index in [0.29, 0.717) is 18.7 Å². The lowest BCUT2D eigenvalue weighted by Gasteiger charge is -2.24. The summed E-state index contributed by atoms with van der Waals surface area (Å²) in [5.74, 6) is 0. The van der Waals surface area contributed by atoms with Crippen molar-refractivity contribution in [3.63, 3.8) is 0 Å². The van der Waals surface area contributed by atoms with Gasteiger partial charge in [0.1, 0.15) is 6.10 Å². The topological polar surface area (TPSA) is 50.4 Å². The molecule has 2 N–H and O–H groups in total. The Morgan fingerprint density at radius 1 is 1.82 bits per heavy atom. The minimum Gasteiger partial charge on any atom is -0.369 e. The highest BCUT2D eigenvalue weighted by Crippen LogP contribution is 2.02. The Bertz CT molecular complexity index is 153. The number of morpholine rings is 1. The summed E-state index contributed by atoms with van der Waals surface area (Å²) in [4.78, 5) is 10.0. The second-order valence-corrected chi connectivity index (χ2v) is 2.35. The van der Waals surface area contributed by atoms with Crippen LogP contribution in [-0.4, -0.2) is 32.2 Å². The van der Waals surface area contributed by atoms with E-state index >= 15 is 0 Å². The SMILES string of the molecule is C=C(NC=O)C1CNCCO1. The molecule has 1 fully saturated rings. The van der Waals surface area contributed by atoms with E-state index in [0.717, 1.165) is 13.1 Å². The fourth-order valence-corrected chi connectivity index (χ4v) is 0.958. The average molecular weight is 156 g/mol. The van der Waals surface area contributed by atoms with E-state index in [4.69, 9.17) is 4.74 Å². The normalized spacial score (nSPS) is 24.2. The van der Waals surface area contributed by atoms with Crippen molar-refractivity contribution in [2.24, 2.45) is 0 Å². The molecule has 1 amide bonds. The van der Waals surface area contributed by atoms with Gasteiger partial charge < -0.3 is 15.4 Å². The maximum absolute atomic E-state index is 10.0. The van der Waals surface area contributed by atoms with Crippen LogP contribution in [0.1, 0.15) is 0 Å². The van der Waals surface area contributed by atoms with Gasteiger partial charge in [0.05, 0.1) is 6.61 Å². The molecule has 0 spiro atoms. The molecule has 0 aromatic rings. The molecule has 4 heteroatoms. The van der Waals surface area contributed by atoms with E-state index in [-0.39, 0.29) is 6.10 Å². The largest absolute Gasteiger partial charge is 0.369 e. The fraction of sp³-hybridized carbons (Fsp3) is 0.571. The number of carbonyl (C=O) groups is 1. The molecule has 11 heavy (non-hydrogen) atoms. The van der Waals surface area contributed by atoms with Gasteiger partial charge in [-0.15, -0.1) is 0 Å². The van der Waals surface area contributed by atoms with Gasteiger partial charge in [0.25, 0.3) is 0 Å². The second-order valence-electron chi connectivity index (χ2n) is 2.35. The first kappa shape index (κ1) is 8.23. The molecule has 1 saturated heterocycles. The summed E-state index contributed by atoms with van der Waals surface area (Å²) in [5.41, 5.74) is 0.618. The fourth-order valence-electron chi connectivity index (χ4n) is 0.958. The van der Waals surface area contributed by atoms with Crippen LogP contribution < -0.4 is 10.6 Å². The number of amides is 1. The monoisotopic (exact) mass is 156 g/mol. The molecule has 1 aliphatic rings. The van der Waals surface area contributed by atoms with Crippen molar-refractivity contribution in [2.75, 3.05) is 19.7 Å². The molecule has 4 nitrogen and oxygen atoms in total. The maximum Gasteiger partial charge on any atom is 0.211 e. The van der Waals surface area contributed by atoms with E-state index in [2.05, 4.69) is 17.2 Å². The van der Waals surface area contributed by atoms with Crippen LogP contribution in [0.4, 0.5) is 0 Å². The van der Waals surface area contributed by atoms with E-state index in [1.807, 2.05) is 0 Å². The molecule has 1 heterocycles. The van der Waals surface area contributed by atoms with Crippen LogP contribution in [0.3, 0.4) is 0 Å². The highest BCUT2D eigenvalue weighted by Gasteiger charge is 2.15. The molecular weight excluding hydrogens is 144 g/mol. The van der Waals surface area contributed by atoms with Crippen LogP contribution in [0.5, 0.6) is 0 Å². The zero-order valence-electron chi connectivity index (χ0n) is 6.30. The van der Waals surface area contributed by atoms with Crippen molar-refractivity contribution in [2.45, 2.75) is 6.10 Å². The smallest absolute Gasteiger partial charge is 0.211 e. The van der Waals surface area contributed by atoms with Gasteiger partial charge in [-0.2, -0.15) is 0 Å². The zero-order chi connectivity index (χ0) is 8.10. The molecule has 0 saturated carbocycles. The zero-order valence-corrected chi connectivity index (χ0v) is 6.30. The van der Waals surface area contributed by atoms with Crippen molar-refractivity contribution >= 4 is 6.41 Å². The van der Waals surface area contributed by atoms with Gasteiger partial charge >= 0.3 is 0 Å². The summed E-state index contributed by atoms with van der Waals surface area (Å²) >= 11 is 0. The van der Waals surface area contributed by atoms with Crippen molar-refractivity contribution in [1.82, 2.24) is 10.6 Å². The Labute approximate surface area is 65.6 Å². The summed E-state index contributed by atoms with van der Waals surface area (Å²) in [7, 11) is 0. The minimum absolute atomic E-state index is 0.0750. The van der Waals surface area contributed by atoms with Crippen molar-refractivity contribution in [1.29, 1.82) is 0 Å². The molecule has 0 aliphatic carbocycles. The van der Waals surface area contributed by atoms with Crippen LogP contribution >= 0.6 is 0 Å². The van der Waals surface area contributed by atoms with Gasteiger partial charge in [-0.1, -0.05) is 6.58 Å².